The Bertz CT molecular complexity index is 413. The maximum atomic E-state index is 3.75. The van der Waals surface area contributed by atoms with Crippen molar-refractivity contribution in [3.8, 4) is 0 Å². The fourth-order valence-corrected chi connectivity index (χ4v) is 6.33. The Morgan fingerprint density at radius 2 is 1.75 bits per heavy atom. The molecule has 3 unspecified atom stereocenters. The van der Waals surface area contributed by atoms with Crippen LogP contribution in [-0.4, -0.2) is 28.6 Å². The first-order chi connectivity index (χ1) is 9.65. The van der Waals surface area contributed by atoms with E-state index in [2.05, 4.69) is 74.7 Å². The summed E-state index contributed by atoms with van der Waals surface area (Å²) in [7, 11) is 0. The van der Waals surface area contributed by atoms with Gasteiger partial charge in [-0.3, -0.25) is 0 Å². The van der Waals surface area contributed by atoms with E-state index in [9.17, 15) is 0 Å². The van der Waals surface area contributed by atoms with Gasteiger partial charge in [-0.25, -0.2) is 0 Å². The summed E-state index contributed by atoms with van der Waals surface area (Å²) in [6.07, 6.45) is 1.27. The molecule has 3 atom stereocenters. The molecular formula is C17H27NS2. The number of hydrogen-bond acceptors (Lipinski definition) is 3. The minimum atomic E-state index is 0.487. The molecule has 1 nitrogen and oxygen atoms in total. The number of thioether (sulfide) groups is 2. The first-order valence-electron chi connectivity index (χ1n) is 7.70. The number of nitrogens with one attached hydrogen (secondary N) is 1. The molecule has 112 valence electrons. The molecule has 1 fully saturated rings. The van der Waals surface area contributed by atoms with Crippen molar-refractivity contribution in [2.24, 2.45) is 0 Å². The van der Waals surface area contributed by atoms with Crippen LogP contribution in [-0.2, 0) is 0 Å². The molecule has 1 heterocycles. The lowest BCUT2D eigenvalue weighted by Gasteiger charge is -2.36. The van der Waals surface area contributed by atoms with Crippen LogP contribution >= 0.6 is 23.5 Å². The van der Waals surface area contributed by atoms with Gasteiger partial charge in [0.15, 0.2) is 0 Å². The zero-order chi connectivity index (χ0) is 14.5. The van der Waals surface area contributed by atoms with E-state index in [0.29, 0.717) is 11.3 Å². The molecule has 0 radical (unpaired) electrons. The highest BCUT2D eigenvalue weighted by Crippen LogP contribution is 2.40. The van der Waals surface area contributed by atoms with Gasteiger partial charge in [-0.2, -0.15) is 23.5 Å². The summed E-state index contributed by atoms with van der Waals surface area (Å²) < 4.78 is 0. The minimum absolute atomic E-state index is 0.487. The van der Waals surface area contributed by atoms with E-state index < -0.39 is 0 Å². The van der Waals surface area contributed by atoms with Crippen molar-refractivity contribution in [3.05, 3.63) is 34.9 Å². The van der Waals surface area contributed by atoms with Crippen LogP contribution in [0.2, 0.25) is 0 Å². The molecule has 0 aliphatic carbocycles. The molecule has 1 aromatic carbocycles. The first-order valence-corrected chi connectivity index (χ1v) is 9.80. The lowest BCUT2D eigenvalue weighted by atomic mass is 9.96. The molecule has 0 amide bonds. The van der Waals surface area contributed by atoms with Crippen molar-refractivity contribution in [2.75, 3.05) is 18.1 Å². The van der Waals surface area contributed by atoms with Gasteiger partial charge >= 0.3 is 0 Å². The zero-order valence-corrected chi connectivity index (χ0v) is 14.7. The van der Waals surface area contributed by atoms with Gasteiger partial charge < -0.3 is 5.32 Å². The van der Waals surface area contributed by atoms with Crippen molar-refractivity contribution >= 4 is 23.5 Å². The Hall–Kier alpha value is -0.120. The minimum Gasteiger partial charge on any atom is -0.309 e. The number of rotatable bonds is 5. The topological polar surface area (TPSA) is 12.0 Å². The van der Waals surface area contributed by atoms with Crippen LogP contribution in [0.5, 0.6) is 0 Å². The summed E-state index contributed by atoms with van der Waals surface area (Å²) in [6, 6.07) is 7.49. The zero-order valence-electron chi connectivity index (χ0n) is 13.1. The highest BCUT2D eigenvalue weighted by atomic mass is 32.2. The Kier molecular flexibility index (Phi) is 6.31. The fraction of sp³-hybridized carbons (Fsp3) is 0.647. The molecule has 1 aliphatic rings. The van der Waals surface area contributed by atoms with Gasteiger partial charge in [-0.05, 0) is 32.4 Å². The summed E-state index contributed by atoms with van der Waals surface area (Å²) >= 11 is 4.33. The van der Waals surface area contributed by atoms with Gasteiger partial charge in [0.05, 0.1) is 0 Å². The van der Waals surface area contributed by atoms with Crippen LogP contribution in [0, 0.1) is 13.8 Å². The Balaban J connectivity index is 2.28. The predicted octanol–water partition coefficient (Wildman–Crippen LogP) is 4.58. The highest BCUT2D eigenvalue weighted by molar-refractivity contribution is 8.07. The van der Waals surface area contributed by atoms with Gasteiger partial charge in [0.2, 0.25) is 0 Å². The molecule has 1 aliphatic heterocycles. The van der Waals surface area contributed by atoms with Crippen LogP contribution < -0.4 is 5.32 Å². The van der Waals surface area contributed by atoms with Crippen LogP contribution in [0.4, 0.5) is 0 Å². The standard InChI is InChI=1S/C17H27NS2/c1-5-15-17(20-8-7-19-15)16(18-6-2)14-10-12(3)9-13(4)11-14/h9-11,15-18H,5-8H2,1-4H3. The van der Waals surface area contributed by atoms with Gasteiger partial charge in [-0.15, -0.1) is 0 Å². The number of benzene rings is 1. The summed E-state index contributed by atoms with van der Waals surface area (Å²) in [4.78, 5) is 0. The van der Waals surface area contributed by atoms with Crippen molar-refractivity contribution in [1.82, 2.24) is 5.32 Å². The molecular weight excluding hydrogens is 282 g/mol. The predicted molar refractivity (Wildman–Crippen MR) is 95.1 cm³/mol. The molecule has 0 spiro atoms. The van der Waals surface area contributed by atoms with Crippen LogP contribution in [0.25, 0.3) is 0 Å². The summed E-state index contributed by atoms with van der Waals surface area (Å²) in [5, 5.41) is 5.22. The molecule has 1 N–H and O–H groups in total. The first kappa shape index (κ1) is 16.3. The van der Waals surface area contributed by atoms with E-state index in [-0.39, 0.29) is 0 Å². The molecule has 0 bridgehead atoms. The maximum absolute atomic E-state index is 3.75. The molecule has 0 saturated carbocycles. The summed E-state index contributed by atoms with van der Waals surface area (Å²) in [6.45, 7) is 10.0. The normalized spacial score (nSPS) is 24.6. The lowest BCUT2D eigenvalue weighted by molar-refractivity contribution is 0.512. The molecule has 3 heteroatoms. The monoisotopic (exact) mass is 309 g/mol. The number of aryl methyl sites for hydroxylation is 2. The fourth-order valence-electron chi connectivity index (χ4n) is 3.08. The molecule has 1 saturated heterocycles. The number of hydrogen-bond donors (Lipinski definition) is 1. The van der Waals surface area contributed by atoms with Crippen LogP contribution in [0.15, 0.2) is 18.2 Å². The van der Waals surface area contributed by atoms with Gasteiger partial charge in [-0.1, -0.05) is 43.2 Å². The van der Waals surface area contributed by atoms with Crippen LogP contribution in [0.1, 0.15) is 43.0 Å². The Morgan fingerprint density at radius 1 is 1.10 bits per heavy atom. The van der Waals surface area contributed by atoms with E-state index >= 15 is 0 Å². The van der Waals surface area contributed by atoms with Crippen molar-refractivity contribution in [1.29, 1.82) is 0 Å². The van der Waals surface area contributed by atoms with Crippen molar-refractivity contribution < 1.29 is 0 Å². The Labute approximate surface area is 132 Å². The van der Waals surface area contributed by atoms with E-state index in [1.165, 1.54) is 34.6 Å². The van der Waals surface area contributed by atoms with Gasteiger partial charge in [0.1, 0.15) is 0 Å². The summed E-state index contributed by atoms with van der Waals surface area (Å²) in [5.74, 6) is 2.60. The van der Waals surface area contributed by atoms with Gasteiger partial charge in [0.25, 0.3) is 0 Å². The highest BCUT2D eigenvalue weighted by Gasteiger charge is 2.32. The molecule has 20 heavy (non-hydrogen) atoms. The second-order valence-corrected chi connectivity index (χ2v) is 8.24. The maximum Gasteiger partial charge on any atom is 0.0451 e. The van der Waals surface area contributed by atoms with Gasteiger partial charge in [0, 0.05) is 28.0 Å². The quantitative estimate of drug-likeness (QED) is 0.855. The Morgan fingerprint density at radius 3 is 2.35 bits per heavy atom. The third-order valence-electron chi connectivity index (χ3n) is 3.85. The molecule has 1 aromatic rings. The van der Waals surface area contributed by atoms with Crippen molar-refractivity contribution in [3.63, 3.8) is 0 Å². The molecule has 2 rings (SSSR count). The molecule has 0 aromatic heterocycles. The average Bonchev–Trinajstić information content (AvgIpc) is 2.43. The van der Waals surface area contributed by atoms with E-state index in [0.717, 1.165) is 11.8 Å². The van der Waals surface area contributed by atoms with E-state index in [1.807, 2.05) is 0 Å². The largest absolute Gasteiger partial charge is 0.309 e. The van der Waals surface area contributed by atoms with Crippen LogP contribution in [0.3, 0.4) is 0 Å². The lowest BCUT2D eigenvalue weighted by Crippen LogP contribution is -2.38. The van der Waals surface area contributed by atoms with E-state index in [1.54, 1.807) is 0 Å². The second-order valence-electron chi connectivity index (χ2n) is 5.61. The SMILES string of the molecule is CCNC(c1cc(C)cc(C)c1)C1SCCSC1CC. The second kappa shape index (κ2) is 7.77. The third-order valence-corrected chi connectivity index (χ3v) is 7.20. The average molecular weight is 310 g/mol. The van der Waals surface area contributed by atoms with E-state index in [4.69, 9.17) is 0 Å². The van der Waals surface area contributed by atoms with Crippen molar-refractivity contribution in [2.45, 2.75) is 50.7 Å². The smallest absolute Gasteiger partial charge is 0.0451 e. The third kappa shape index (κ3) is 3.96. The summed E-state index contributed by atoms with van der Waals surface area (Å²) in [5.41, 5.74) is 4.23.